The number of halogens is 3. The van der Waals surface area contributed by atoms with Gasteiger partial charge in [0.2, 0.25) is 0 Å². The maximum atomic E-state index is 12.5. The van der Waals surface area contributed by atoms with Crippen molar-refractivity contribution in [1.82, 2.24) is 9.78 Å². The standard InChI is InChI=1S/C9H13F3N2/c1-6(2)4-8-7(9(10,11)12)5-14(3)13-8/h5-6H,4H2,1-3H3. The molecule has 0 saturated heterocycles. The quantitative estimate of drug-likeness (QED) is 0.727. The molecule has 0 aliphatic heterocycles. The van der Waals surface area contributed by atoms with Crippen molar-refractivity contribution in [2.75, 3.05) is 0 Å². The Morgan fingerprint density at radius 2 is 2.00 bits per heavy atom. The van der Waals surface area contributed by atoms with Crippen LogP contribution < -0.4 is 0 Å². The van der Waals surface area contributed by atoms with Crippen LogP contribution in [0.2, 0.25) is 0 Å². The molecular weight excluding hydrogens is 193 g/mol. The fourth-order valence-electron chi connectivity index (χ4n) is 1.31. The zero-order valence-corrected chi connectivity index (χ0v) is 8.39. The van der Waals surface area contributed by atoms with Gasteiger partial charge < -0.3 is 0 Å². The minimum absolute atomic E-state index is 0.134. The van der Waals surface area contributed by atoms with Gasteiger partial charge in [-0.1, -0.05) is 13.8 Å². The molecule has 1 heterocycles. The Bertz CT molecular complexity index is 312. The first-order valence-electron chi connectivity index (χ1n) is 4.40. The predicted molar refractivity (Wildman–Crippen MR) is 46.8 cm³/mol. The van der Waals surface area contributed by atoms with Crippen molar-refractivity contribution in [3.8, 4) is 0 Å². The van der Waals surface area contributed by atoms with E-state index in [-0.39, 0.29) is 11.6 Å². The third-order valence-corrected chi connectivity index (χ3v) is 1.81. The lowest BCUT2D eigenvalue weighted by Gasteiger charge is -2.07. The molecule has 0 unspecified atom stereocenters. The largest absolute Gasteiger partial charge is 0.419 e. The number of rotatable bonds is 2. The van der Waals surface area contributed by atoms with Crippen LogP contribution >= 0.6 is 0 Å². The fourth-order valence-corrected chi connectivity index (χ4v) is 1.31. The number of nitrogens with zero attached hydrogens (tertiary/aromatic N) is 2. The fraction of sp³-hybridized carbons (Fsp3) is 0.667. The van der Waals surface area contributed by atoms with Crippen molar-refractivity contribution in [1.29, 1.82) is 0 Å². The average Bonchev–Trinajstić information content (AvgIpc) is 2.28. The molecule has 0 saturated carbocycles. The third-order valence-electron chi connectivity index (χ3n) is 1.81. The van der Waals surface area contributed by atoms with E-state index in [1.165, 1.54) is 11.7 Å². The maximum absolute atomic E-state index is 12.5. The summed E-state index contributed by atoms with van der Waals surface area (Å²) in [6.45, 7) is 3.74. The Morgan fingerprint density at radius 3 is 2.43 bits per heavy atom. The van der Waals surface area contributed by atoms with Gasteiger partial charge in [0.15, 0.2) is 0 Å². The van der Waals surface area contributed by atoms with Gasteiger partial charge in [0.1, 0.15) is 0 Å². The molecule has 0 aliphatic carbocycles. The molecule has 2 nitrogen and oxygen atoms in total. The van der Waals surface area contributed by atoms with Crippen LogP contribution in [0.3, 0.4) is 0 Å². The summed E-state index contributed by atoms with van der Waals surface area (Å²) >= 11 is 0. The number of aryl methyl sites for hydroxylation is 1. The molecule has 0 amide bonds. The molecule has 0 spiro atoms. The van der Waals surface area contributed by atoms with Crippen LogP contribution in [0.25, 0.3) is 0 Å². The molecule has 80 valence electrons. The Hall–Kier alpha value is -1.00. The smallest absolute Gasteiger partial charge is 0.275 e. The molecule has 0 N–H and O–H groups in total. The molecule has 0 fully saturated rings. The van der Waals surface area contributed by atoms with Gasteiger partial charge in [-0.05, 0) is 12.3 Å². The first-order chi connectivity index (χ1) is 6.30. The Labute approximate surface area is 80.7 Å². The zero-order valence-electron chi connectivity index (χ0n) is 8.39. The van der Waals surface area contributed by atoms with Crippen LogP contribution in [0.4, 0.5) is 13.2 Å². The first kappa shape index (κ1) is 11.1. The van der Waals surface area contributed by atoms with Crippen molar-refractivity contribution in [3.63, 3.8) is 0 Å². The minimum atomic E-state index is -4.29. The van der Waals surface area contributed by atoms with Crippen molar-refractivity contribution in [2.45, 2.75) is 26.4 Å². The summed E-state index contributed by atoms with van der Waals surface area (Å²) in [5, 5.41) is 3.81. The highest BCUT2D eigenvalue weighted by molar-refractivity contribution is 5.20. The van der Waals surface area contributed by atoms with Gasteiger partial charge in [0, 0.05) is 13.2 Å². The third kappa shape index (κ3) is 2.49. The highest BCUT2D eigenvalue weighted by Crippen LogP contribution is 2.32. The molecule has 0 aliphatic rings. The first-order valence-corrected chi connectivity index (χ1v) is 4.40. The topological polar surface area (TPSA) is 17.8 Å². The van der Waals surface area contributed by atoms with E-state index in [0.717, 1.165) is 6.20 Å². The summed E-state index contributed by atoms with van der Waals surface area (Å²) in [6.07, 6.45) is -2.91. The van der Waals surface area contributed by atoms with Gasteiger partial charge in [-0.25, -0.2) is 0 Å². The second-order valence-electron chi connectivity index (χ2n) is 3.76. The van der Waals surface area contributed by atoms with E-state index in [2.05, 4.69) is 5.10 Å². The molecular formula is C9H13F3N2. The summed E-state index contributed by atoms with van der Waals surface area (Å²) in [4.78, 5) is 0. The monoisotopic (exact) mass is 206 g/mol. The van der Waals surface area contributed by atoms with Crippen LogP contribution in [-0.4, -0.2) is 9.78 Å². The van der Waals surface area contributed by atoms with Gasteiger partial charge in [0.25, 0.3) is 0 Å². The van der Waals surface area contributed by atoms with Crippen molar-refractivity contribution in [2.24, 2.45) is 13.0 Å². The van der Waals surface area contributed by atoms with E-state index in [0.29, 0.717) is 6.42 Å². The van der Waals surface area contributed by atoms with Crippen LogP contribution in [0.1, 0.15) is 25.1 Å². The van der Waals surface area contributed by atoms with Crippen molar-refractivity contribution in [3.05, 3.63) is 17.5 Å². The lowest BCUT2D eigenvalue weighted by molar-refractivity contribution is -0.138. The van der Waals surface area contributed by atoms with Crippen molar-refractivity contribution < 1.29 is 13.2 Å². The van der Waals surface area contributed by atoms with Crippen LogP contribution in [0, 0.1) is 5.92 Å². The number of hydrogen-bond donors (Lipinski definition) is 0. The van der Waals surface area contributed by atoms with E-state index in [9.17, 15) is 13.2 Å². The highest BCUT2D eigenvalue weighted by Gasteiger charge is 2.35. The average molecular weight is 206 g/mol. The van der Waals surface area contributed by atoms with E-state index in [1.807, 2.05) is 13.8 Å². The summed E-state index contributed by atoms with van der Waals surface area (Å²) in [5.41, 5.74) is -0.483. The highest BCUT2D eigenvalue weighted by atomic mass is 19.4. The number of hydrogen-bond acceptors (Lipinski definition) is 1. The second kappa shape index (κ2) is 3.63. The number of aromatic nitrogens is 2. The predicted octanol–water partition coefficient (Wildman–Crippen LogP) is 2.64. The molecule has 0 atom stereocenters. The molecule has 1 aromatic heterocycles. The van der Waals surface area contributed by atoms with E-state index in [4.69, 9.17) is 0 Å². The van der Waals surface area contributed by atoms with Gasteiger partial charge in [-0.2, -0.15) is 18.3 Å². The Balaban J connectivity index is 3.03. The molecule has 14 heavy (non-hydrogen) atoms. The van der Waals surface area contributed by atoms with E-state index >= 15 is 0 Å². The maximum Gasteiger partial charge on any atom is 0.419 e. The lowest BCUT2D eigenvalue weighted by atomic mass is 10.1. The summed E-state index contributed by atoms with van der Waals surface area (Å²) in [7, 11) is 1.50. The van der Waals surface area contributed by atoms with Gasteiger partial charge in [-0.15, -0.1) is 0 Å². The van der Waals surface area contributed by atoms with Gasteiger partial charge >= 0.3 is 6.18 Å². The second-order valence-corrected chi connectivity index (χ2v) is 3.76. The molecule has 0 radical (unpaired) electrons. The molecule has 1 rings (SSSR count). The minimum Gasteiger partial charge on any atom is -0.275 e. The van der Waals surface area contributed by atoms with Crippen LogP contribution in [0.15, 0.2) is 6.20 Å². The Morgan fingerprint density at radius 1 is 1.43 bits per heavy atom. The zero-order chi connectivity index (χ0) is 10.9. The summed E-state index contributed by atoms with van der Waals surface area (Å²) < 4.78 is 38.6. The lowest BCUT2D eigenvalue weighted by Crippen LogP contribution is -2.08. The normalized spacial score (nSPS) is 12.5. The SMILES string of the molecule is CC(C)Cc1nn(C)cc1C(F)(F)F. The van der Waals surface area contributed by atoms with Crippen LogP contribution in [0.5, 0.6) is 0 Å². The molecule has 0 bridgehead atoms. The Kier molecular flexibility index (Phi) is 2.87. The van der Waals surface area contributed by atoms with Crippen molar-refractivity contribution >= 4 is 0 Å². The van der Waals surface area contributed by atoms with E-state index < -0.39 is 11.7 Å². The van der Waals surface area contributed by atoms with Gasteiger partial charge in [0.05, 0.1) is 11.3 Å². The van der Waals surface area contributed by atoms with E-state index in [1.54, 1.807) is 0 Å². The summed E-state index contributed by atoms with van der Waals surface area (Å²) in [6, 6.07) is 0. The number of alkyl halides is 3. The van der Waals surface area contributed by atoms with Crippen LogP contribution in [-0.2, 0) is 19.6 Å². The van der Waals surface area contributed by atoms with Gasteiger partial charge in [-0.3, -0.25) is 4.68 Å². The molecule has 5 heteroatoms. The summed E-state index contributed by atoms with van der Waals surface area (Å²) in [5.74, 6) is 0.172. The molecule has 1 aromatic rings. The molecule has 0 aromatic carbocycles.